The molecule has 1 amide bonds. The van der Waals surface area contributed by atoms with Crippen molar-refractivity contribution < 1.29 is 28.9 Å². The van der Waals surface area contributed by atoms with Crippen LogP contribution in [0.2, 0.25) is 0 Å². The molecule has 186 valence electrons. The fourth-order valence-corrected chi connectivity index (χ4v) is 4.66. The van der Waals surface area contributed by atoms with Gasteiger partial charge >= 0.3 is 0 Å². The van der Waals surface area contributed by atoms with E-state index >= 15 is 0 Å². The number of carbonyl (C=O) groups excluding carboxylic acids is 2. The zero-order chi connectivity index (χ0) is 24.9. The van der Waals surface area contributed by atoms with Crippen molar-refractivity contribution in [2.75, 3.05) is 26.9 Å². The molecule has 2 aliphatic heterocycles. The molecule has 0 spiro atoms. The SMILES string of the molecule is CCCCCOc1ccc([C@@H]2C(=C(O)c3ccc4c(c3)C[C@@H](C)O4)C(=O)C(=O)N2CCOC)cc1. The Morgan fingerprint density at radius 3 is 2.60 bits per heavy atom. The molecule has 0 aromatic heterocycles. The second-order valence-electron chi connectivity index (χ2n) is 9.06. The summed E-state index contributed by atoms with van der Waals surface area (Å²) in [6.07, 6.45) is 4.00. The van der Waals surface area contributed by atoms with Gasteiger partial charge in [-0.25, -0.2) is 0 Å². The molecule has 2 aliphatic rings. The van der Waals surface area contributed by atoms with Gasteiger partial charge in [0.05, 0.1) is 24.8 Å². The topological polar surface area (TPSA) is 85.3 Å². The Hall–Kier alpha value is -3.32. The number of rotatable bonds is 10. The minimum absolute atomic E-state index is 0.0599. The van der Waals surface area contributed by atoms with Crippen molar-refractivity contribution >= 4 is 17.4 Å². The lowest BCUT2D eigenvalue weighted by atomic mass is 9.94. The smallest absolute Gasteiger partial charge is 0.295 e. The summed E-state index contributed by atoms with van der Waals surface area (Å²) >= 11 is 0. The number of likely N-dealkylation sites (tertiary alicyclic amines) is 1. The van der Waals surface area contributed by atoms with Crippen LogP contribution < -0.4 is 9.47 Å². The fourth-order valence-electron chi connectivity index (χ4n) is 4.66. The molecule has 2 atom stereocenters. The van der Waals surface area contributed by atoms with Crippen LogP contribution in [0.3, 0.4) is 0 Å². The molecule has 1 fully saturated rings. The highest BCUT2D eigenvalue weighted by atomic mass is 16.5. The number of aliphatic hydroxyl groups is 1. The van der Waals surface area contributed by atoms with Crippen molar-refractivity contribution in [3.05, 3.63) is 64.7 Å². The Balaban J connectivity index is 1.69. The molecule has 0 bridgehead atoms. The van der Waals surface area contributed by atoms with Crippen LogP contribution in [0.4, 0.5) is 0 Å². The molecule has 2 heterocycles. The summed E-state index contributed by atoms with van der Waals surface area (Å²) in [5, 5.41) is 11.3. The van der Waals surface area contributed by atoms with E-state index in [1.165, 1.54) is 4.90 Å². The molecule has 0 radical (unpaired) electrons. The number of fused-ring (bicyclic) bond motifs is 1. The quantitative estimate of drug-likeness (QED) is 0.231. The fraction of sp³-hybridized carbons (Fsp3) is 0.429. The van der Waals surface area contributed by atoms with Crippen LogP contribution in [-0.2, 0) is 20.7 Å². The number of ketones is 1. The van der Waals surface area contributed by atoms with Crippen molar-refractivity contribution in [2.45, 2.75) is 51.7 Å². The molecule has 1 saturated heterocycles. The first-order valence-electron chi connectivity index (χ1n) is 12.2. The Kier molecular flexibility index (Phi) is 7.76. The van der Waals surface area contributed by atoms with Gasteiger partial charge in [-0.2, -0.15) is 0 Å². The minimum Gasteiger partial charge on any atom is -0.507 e. The van der Waals surface area contributed by atoms with E-state index in [0.29, 0.717) is 12.2 Å². The largest absolute Gasteiger partial charge is 0.507 e. The normalized spacial score (nSPS) is 20.7. The third-order valence-electron chi connectivity index (χ3n) is 6.46. The second-order valence-corrected chi connectivity index (χ2v) is 9.06. The summed E-state index contributed by atoms with van der Waals surface area (Å²) in [7, 11) is 1.55. The molecular weight excluding hydrogens is 446 g/mol. The number of ether oxygens (including phenoxy) is 3. The maximum Gasteiger partial charge on any atom is 0.295 e. The number of carbonyl (C=O) groups is 2. The molecule has 2 aromatic carbocycles. The number of benzene rings is 2. The van der Waals surface area contributed by atoms with E-state index < -0.39 is 17.7 Å². The van der Waals surface area contributed by atoms with E-state index in [2.05, 4.69) is 6.92 Å². The number of hydrogen-bond acceptors (Lipinski definition) is 6. The molecule has 7 heteroatoms. The summed E-state index contributed by atoms with van der Waals surface area (Å²) in [4.78, 5) is 27.6. The Morgan fingerprint density at radius 1 is 1.11 bits per heavy atom. The third kappa shape index (κ3) is 5.20. The second kappa shape index (κ2) is 11.0. The Bertz CT molecular complexity index is 1110. The minimum atomic E-state index is -0.720. The molecule has 0 saturated carbocycles. The van der Waals surface area contributed by atoms with Gasteiger partial charge in [-0.05, 0) is 54.8 Å². The Morgan fingerprint density at radius 2 is 1.89 bits per heavy atom. The lowest BCUT2D eigenvalue weighted by Crippen LogP contribution is -2.32. The number of hydrogen-bond donors (Lipinski definition) is 1. The van der Waals surface area contributed by atoms with E-state index in [1.807, 2.05) is 37.3 Å². The van der Waals surface area contributed by atoms with Gasteiger partial charge in [0.2, 0.25) is 0 Å². The van der Waals surface area contributed by atoms with Crippen LogP contribution in [0, 0.1) is 0 Å². The van der Waals surface area contributed by atoms with Gasteiger partial charge in [0.1, 0.15) is 23.4 Å². The lowest BCUT2D eigenvalue weighted by molar-refractivity contribution is -0.140. The zero-order valence-corrected chi connectivity index (χ0v) is 20.6. The third-order valence-corrected chi connectivity index (χ3v) is 6.46. The first-order valence-corrected chi connectivity index (χ1v) is 12.2. The van der Waals surface area contributed by atoms with Gasteiger partial charge in [-0.15, -0.1) is 0 Å². The van der Waals surface area contributed by atoms with Crippen molar-refractivity contribution in [3.63, 3.8) is 0 Å². The van der Waals surface area contributed by atoms with Crippen molar-refractivity contribution in [1.29, 1.82) is 0 Å². The van der Waals surface area contributed by atoms with Crippen LogP contribution in [0.1, 0.15) is 55.8 Å². The summed E-state index contributed by atoms with van der Waals surface area (Å²) in [5.74, 6) is -0.0251. The molecule has 1 N–H and O–H groups in total. The van der Waals surface area contributed by atoms with Crippen LogP contribution in [0.5, 0.6) is 11.5 Å². The predicted molar refractivity (Wildman–Crippen MR) is 133 cm³/mol. The number of aliphatic hydroxyl groups excluding tert-OH is 1. The summed E-state index contributed by atoms with van der Waals surface area (Å²) in [5.41, 5.74) is 2.26. The van der Waals surface area contributed by atoms with Crippen LogP contribution in [0.25, 0.3) is 5.76 Å². The van der Waals surface area contributed by atoms with Gasteiger partial charge in [0.25, 0.3) is 11.7 Å². The van der Waals surface area contributed by atoms with Crippen LogP contribution in [-0.4, -0.2) is 54.7 Å². The van der Waals surface area contributed by atoms with Crippen LogP contribution in [0.15, 0.2) is 48.0 Å². The van der Waals surface area contributed by atoms with Crippen molar-refractivity contribution in [1.82, 2.24) is 4.90 Å². The van der Waals surface area contributed by atoms with Crippen molar-refractivity contribution in [2.24, 2.45) is 0 Å². The van der Waals surface area contributed by atoms with E-state index in [-0.39, 0.29) is 30.6 Å². The average Bonchev–Trinajstić information content (AvgIpc) is 3.36. The number of amides is 1. The highest BCUT2D eigenvalue weighted by molar-refractivity contribution is 6.46. The lowest BCUT2D eigenvalue weighted by Gasteiger charge is -2.25. The first kappa shape index (κ1) is 24.8. The average molecular weight is 480 g/mol. The molecule has 35 heavy (non-hydrogen) atoms. The molecule has 0 aliphatic carbocycles. The number of Topliss-reactive ketones (excluding diaryl/α,β-unsaturated/α-hetero) is 1. The van der Waals surface area contributed by atoms with Gasteiger partial charge < -0.3 is 24.2 Å². The molecular formula is C28H33NO6. The van der Waals surface area contributed by atoms with E-state index in [9.17, 15) is 14.7 Å². The number of nitrogens with zero attached hydrogens (tertiary/aromatic N) is 1. The zero-order valence-electron chi connectivity index (χ0n) is 20.6. The van der Waals surface area contributed by atoms with Gasteiger partial charge in [0, 0.05) is 25.6 Å². The number of methoxy groups -OCH3 is 1. The maximum absolute atomic E-state index is 13.1. The van der Waals surface area contributed by atoms with Gasteiger partial charge in [-0.1, -0.05) is 31.9 Å². The summed E-state index contributed by atoms with van der Waals surface area (Å²) < 4.78 is 16.7. The van der Waals surface area contributed by atoms with E-state index in [4.69, 9.17) is 14.2 Å². The maximum atomic E-state index is 13.1. The Labute approximate surface area is 206 Å². The standard InChI is InChI=1S/C28H33NO6/c1-4-5-6-14-34-22-10-7-19(8-11-22)25-24(27(31)28(32)29(25)13-15-33-3)26(30)20-9-12-23-21(17-20)16-18(2)35-23/h7-12,17-18,25,30H,4-6,13-16H2,1-3H3/t18-,25-/m1/s1. The van der Waals surface area contributed by atoms with Crippen molar-refractivity contribution in [3.8, 4) is 11.5 Å². The van der Waals surface area contributed by atoms with Crippen LogP contribution >= 0.6 is 0 Å². The molecule has 0 unspecified atom stereocenters. The highest BCUT2D eigenvalue weighted by Gasteiger charge is 2.46. The predicted octanol–water partition coefficient (Wildman–Crippen LogP) is 4.65. The van der Waals surface area contributed by atoms with E-state index in [0.717, 1.165) is 48.3 Å². The monoisotopic (exact) mass is 479 g/mol. The summed E-state index contributed by atoms with van der Waals surface area (Å²) in [6, 6.07) is 12.0. The molecule has 2 aromatic rings. The van der Waals surface area contributed by atoms with Gasteiger partial charge in [-0.3, -0.25) is 9.59 Å². The van der Waals surface area contributed by atoms with E-state index in [1.54, 1.807) is 19.2 Å². The molecule has 4 rings (SSSR count). The summed E-state index contributed by atoms with van der Waals surface area (Å²) in [6.45, 7) is 5.27. The first-order chi connectivity index (χ1) is 16.9. The number of unbranched alkanes of at least 4 members (excludes halogenated alkanes) is 2. The van der Waals surface area contributed by atoms with Gasteiger partial charge in [0.15, 0.2) is 0 Å². The highest BCUT2D eigenvalue weighted by Crippen LogP contribution is 2.40. The molecule has 7 nitrogen and oxygen atoms in total.